The molecular weight excluding hydrogens is 238 g/mol. The summed E-state index contributed by atoms with van der Waals surface area (Å²) in [5.41, 5.74) is 0.164. The van der Waals surface area contributed by atoms with Crippen LogP contribution in [0.3, 0.4) is 0 Å². The highest BCUT2D eigenvalue weighted by Gasteiger charge is 2.14. The van der Waals surface area contributed by atoms with Gasteiger partial charge in [0.1, 0.15) is 5.70 Å². The molecule has 0 aliphatic rings. The zero-order valence-corrected chi connectivity index (χ0v) is 9.40. The first-order valence-corrected chi connectivity index (χ1v) is 4.56. The minimum Gasteiger partial charge on any atom is -0.464 e. The van der Waals surface area contributed by atoms with Crippen LogP contribution in [-0.2, 0) is 14.3 Å². The number of rotatable bonds is 3. The molecule has 4 nitrogen and oxygen atoms in total. The fraction of sp³-hybridized carbons (Fsp3) is 0.500. The molecule has 5 heteroatoms. The molecule has 0 aliphatic heterocycles. The summed E-state index contributed by atoms with van der Waals surface area (Å²) in [6, 6.07) is 0. The van der Waals surface area contributed by atoms with E-state index >= 15 is 0 Å². The number of hydrogen-bond donors (Lipinski definition) is 1. The topological polar surface area (TPSA) is 55.4 Å². The molecule has 0 rings (SSSR count). The Balaban J connectivity index is 4.75. The fourth-order valence-corrected chi connectivity index (χ4v) is 0.945. The van der Waals surface area contributed by atoms with Crippen molar-refractivity contribution in [3.63, 3.8) is 0 Å². The number of nitrogens with one attached hydrogen (secondary N) is 1. The summed E-state index contributed by atoms with van der Waals surface area (Å²) < 4.78 is 5.11. The lowest BCUT2D eigenvalue weighted by Gasteiger charge is -2.07. The molecule has 0 fully saturated rings. The van der Waals surface area contributed by atoms with Gasteiger partial charge < -0.3 is 10.1 Å². The number of hydrogen-bond acceptors (Lipinski definition) is 3. The predicted octanol–water partition coefficient (Wildman–Crippen LogP) is 1.31. The fourth-order valence-electron chi connectivity index (χ4n) is 0.684. The van der Waals surface area contributed by atoms with E-state index in [1.165, 1.54) is 14.0 Å². The third-order valence-corrected chi connectivity index (χ3v) is 2.23. The number of methoxy groups -OCH3 is 1. The number of allylic oxidation sites excluding steroid dienone is 1. The van der Waals surface area contributed by atoms with E-state index in [2.05, 4.69) is 26.0 Å². The van der Waals surface area contributed by atoms with Gasteiger partial charge in [-0.25, -0.2) is 4.79 Å². The van der Waals surface area contributed by atoms with Crippen molar-refractivity contribution < 1.29 is 14.3 Å². The Hall–Kier alpha value is -0.840. The van der Waals surface area contributed by atoms with Crippen molar-refractivity contribution in [2.45, 2.75) is 20.3 Å². The van der Waals surface area contributed by atoms with Crippen LogP contribution in [0.4, 0.5) is 0 Å². The molecule has 0 saturated carbocycles. The minimum absolute atomic E-state index is 0.164. The van der Waals surface area contributed by atoms with Crippen molar-refractivity contribution >= 4 is 27.8 Å². The summed E-state index contributed by atoms with van der Waals surface area (Å²) in [7, 11) is 1.26. The van der Waals surface area contributed by atoms with Gasteiger partial charge in [-0.15, -0.1) is 0 Å². The molecule has 0 aromatic heterocycles. The largest absolute Gasteiger partial charge is 0.464 e. The molecule has 0 atom stereocenters. The Labute approximate surface area is 85.5 Å². The molecule has 0 spiro atoms. The average Bonchev–Trinajstić information content (AvgIpc) is 2.11. The van der Waals surface area contributed by atoms with E-state index in [4.69, 9.17) is 0 Å². The third kappa shape index (κ3) is 4.07. The van der Waals surface area contributed by atoms with Gasteiger partial charge in [-0.3, -0.25) is 4.79 Å². The molecular formula is C8H12BrNO3. The SMILES string of the molecule is CC/C(Br)=C(\NC(C)=O)C(=O)OC. The Bertz CT molecular complexity index is 248. The van der Waals surface area contributed by atoms with Crippen LogP contribution in [0.25, 0.3) is 0 Å². The molecule has 0 saturated heterocycles. The van der Waals surface area contributed by atoms with E-state index < -0.39 is 5.97 Å². The van der Waals surface area contributed by atoms with Crippen LogP contribution in [-0.4, -0.2) is 19.0 Å². The Morgan fingerprint density at radius 2 is 2.00 bits per heavy atom. The van der Waals surface area contributed by atoms with Gasteiger partial charge in [0.05, 0.1) is 7.11 Å². The summed E-state index contributed by atoms with van der Waals surface area (Å²) in [4.78, 5) is 21.8. The number of carbonyl (C=O) groups excluding carboxylic acids is 2. The highest BCUT2D eigenvalue weighted by molar-refractivity contribution is 9.11. The lowest BCUT2D eigenvalue weighted by atomic mass is 10.3. The van der Waals surface area contributed by atoms with Crippen molar-refractivity contribution in [2.75, 3.05) is 7.11 Å². The van der Waals surface area contributed by atoms with Crippen molar-refractivity contribution in [1.29, 1.82) is 0 Å². The van der Waals surface area contributed by atoms with Crippen LogP contribution in [0, 0.1) is 0 Å². The van der Waals surface area contributed by atoms with E-state index in [1.807, 2.05) is 6.92 Å². The smallest absolute Gasteiger partial charge is 0.355 e. The maximum Gasteiger partial charge on any atom is 0.355 e. The first-order valence-electron chi connectivity index (χ1n) is 3.77. The monoisotopic (exact) mass is 249 g/mol. The van der Waals surface area contributed by atoms with Gasteiger partial charge in [0.2, 0.25) is 5.91 Å². The first kappa shape index (κ1) is 12.2. The van der Waals surface area contributed by atoms with Crippen LogP contribution in [0.5, 0.6) is 0 Å². The van der Waals surface area contributed by atoms with Crippen LogP contribution < -0.4 is 5.32 Å². The van der Waals surface area contributed by atoms with Gasteiger partial charge in [0.25, 0.3) is 0 Å². The lowest BCUT2D eigenvalue weighted by molar-refractivity contribution is -0.137. The average molecular weight is 250 g/mol. The second-order valence-corrected chi connectivity index (χ2v) is 3.26. The van der Waals surface area contributed by atoms with Crippen LogP contribution in [0.2, 0.25) is 0 Å². The number of halogens is 1. The molecule has 0 aromatic rings. The molecule has 74 valence electrons. The maximum atomic E-state index is 11.1. The molecule has 0 aliphatic carbocycles. The van der Waals surface area contributed by atoms with E-state index in [0.29, 0.717) is 10.9 Å². The van der Waals surface area contributed by atoms with Gasteiger partial charge in [-0.05, 0) is 6.42 Å². The summed E-state index contributed by atoms with van der Waals surface area (Å²) in [5.74, 6) is -0.852. The first-order chi connectivity index (χ1) is 6.02. The summed E-state index contributed by atoms with van der Waals surface area (Å²) in [5, 5.41) is 2.40. The van der Waals surface area contributed by atoms with Crippen LogP contribution in [0.1, 0.15) is 20.3 Å². The summed E-state index contributed by atoms with van der Waals surface area (Å²) in [6.45, 7) is 3.19. The van der Waals surface area contributed by atoms with Gasteiger partial charge in [-0.2, -0.15) is 0 Å². The molecule has 0 heterocycles. The third-order valence-electron chi connectivity index (χ3n) is 1.27. The van der Waals surface area contributed by atoms with E-state index in [0.717, 1.165) is 0 Å². The van der Waals surface area contributed by atoms with Crippen molar-refractivity contribution in [3.8, 4) is 0 Å². The number of carbonyl (C=O) groups is 2. The standard InChI is InChI=1S/C8H12BrNO3/c1-4-6(9)7(8(12)13-3)10-5(2)11/h4H2,1-3H3,(H,10,11)/b7-6+. The van der Waals surface area contributed by atoms with Gasteiger partial charge >= 0.3 is 5.97 Å². The lowest BCUT2D eigenvalue weighted by Crippen LogP contribution is -2.26. The predicted molar refractivity (Wildman–Crippen MR) is 52.1 cm³/mol. The summed E-state index contributed by atoms with van der Waals surface area (Å²) >= 11 is 3.18. The van der Waals surface area contributed by atoms with Gasteiger partial charge in [-0.1, -0.05) is 22.9 Å². The second kappa shape index (κ2) is 5.75. The minimum atomic E-state index is -0.552. The van der Waals surface area contributed by atoms with E-state index in [1.54, 1.807) is 0 Å². The van der Waals surface area contributed by atoms with Crippen molar-refractivity contribution in [2.24, 2.45) is 0 Å². The molecule has 1 amide bonds. The zero-order chi connectivity index (χ0) is 10.4. The van der Waals surface area contributed by atoms with Gasteiger partial charge in [0.15, 0.2) is 0 Å². The van der Waals surface area contributed by atoms with E-state index in [-0.39, 0.29) is 11.6 Å². The van der Waals surface area contributed by atoms with Crippen molar-refractivity contribution in [1.82, 2.24) is 5.32 Å². The Morgan fingerprint density at radius 1 is 1.46 bits per heavy atom. The second-order valence-electron chi connectivity index (χ2n) is 2.31. The zero-order valence-electron chi connectivity index (χ0n) is 7.81. The maximum absolute atomic E-state index is 11.1. The van der Waals surface area contributed by atoms with E-state index in [9.17, 15) is 9.59 Å². The molecule has 13 heavy (non-hydrogen) atoms. The molecule has 0 unspecified atom stereocenters. The number of esters is 1. The molecule has 1 N–H and O–H groups in total. The highest BCUT2D eigenvalue weighted by atomic mass is 79.9. The number of ether oxygens (including phenoxy) is 1. The quantitative estimate of drug-likeness (QED) is 0.607. The van der Waals surface area contributed by atoms with Gasteiger partial charge in [0, 0.05) is 11.4 Å². The van der Waals surface area contributed by atoms with Crippen molar-refractivity contribution in [3.05, 3.63) is 10.2 Å². The molecule has 0 aromatic carbocycles. The van der Waals surface area contributed by atoms with Crippen LogP contribution in [0.15, 0.2) is 10.2 Å². The Morgan fingerprint density at radius 3 is 2.31 bits per heavy atom. The molecule has 0 radical (unpaired) electrons. The Kier molecular flexibility index (Phi) is 5.37. The number of amides is 1. The summed E-state index contributed by atoms with van der Waals surface area (Å²) in [6.07, 6.45) is 0.616. The highest BCUT2D eigenvalue weighted by Crippen LogP contribution is 2.14. The van der Waals surface area contributed by atoms with Crippen LogP contribution >= 0.6 is 15.9 Å². The normalized spacial score (nSPS) is 11.7. The molecule has 0 bridgehead atoms.